The van der Waals surface area contributed by atoms with Crippen LogP contribution in [0.3, 0.4) is 0 Å². The molecule has 0 saturated carbocycles. The Morgan fingerprint density at radius 1 is 1.27 bits per heavy atom. The first kappa shape index (κ1) is 16.5. The van der Waals surface area contributed by atoms with Gasteiger partial charge in [0.25, 0.3) is 5.56 Å². The zero-order chi connectivity index (χ0) is 18.1. The van der Waals surface area contributed by atoms with E-state index in [0.717, 1.165) is 48.0 Å². The molecule has 0 fully saturated rings. The van der Waals surface area contributed by atoms with Crippen molar-refractivity contribution in [2.75, 3.05) is 13.7 Å². The van der Waals surface area contributed by atoms with Gasteiger partial charge >= 0.3 is 0 Å². The fraction of sp³-hybridized carbons (Fsp3) is 0.333. The van der Waals surface area contributed by atoms with Crippen molar-refractivity contribution in [1.29, 1.82) is 0 Å². The maximum absolute atomic E-state index is 11.6. The fourth-order valence-corrected chi connectivity index (χ4v) is 3.21. The van der Waals surface area contributed by atoms with Crippen molar-refractivity contribution in [2.24, 2.45) is 0 Å². The number of hydrogen-bond donors (Lipinski definition) is 2. The molecule has 1 aliphatic rings. The number of methoxy groups -OCH3 is 1. The molecule has 3 aromatic rings. The van der Waals surface area contributed by atoms with Crippen molar-refractivity contribution < 1.29 is 4.74 Å². The highest BCUT2D eigenvalue weighted by atomic mass is 16.5. The summed E-state index contributed by atoms with van der Waals surface area (Å²) in [6.07, 6.45) is 2.61. The lowest BCUT2D eigenvalue weighted by Gasteiger charge is -2.25. The number of ether oxygens (including phenoxy) is 1. The summed E-state index contributed by atoms with van der Waals surface area (Å²) in [5.41, 5.74) is 3.79. The number of pyridine rings is 1. The molecule has 0 amide bonds. The highest BCUT2D eigenvalue weighted by Gasteiger charge is 2.21. The number of fused-ring (bicyclic) bond motifs is 1. The van der Waals surface area contributed by atoms with Crippen LogP contribution in [0.15, 0.2) is 29.2 Å². The Morgan fingerprint density at radius 3 is 2.88 bits per heavy atom. The van der Waals surface area contributed by atoms with Gasteiger partial charge in [-0.3, -0.25) is 9.69 Å². The summed E-state index contributed by atoms with van der Waals surface area (Å²) in [6.45, 7) is 4.07. The molecule has 1 aliphatic heterocycles. The molecule has 134 valence electrons. The number of nitrogens with one attached hydrogen (secondary N) is 2. The van der Waals surface area contributed by atoms with Crippen molar-refractivity contribution in [1.82, 2.24) is 29.8 Å². The second-order valence-electron chi connectivity index (χ2n) is 6.38. The van der Waals surface area contributed by atoms with E-state index in [1.54, 1.807) is 26.3 Å². The molecule has 0 unspecified atom stereocenters. The summed E-state index contributed by atoms with van der Waals surface area (Å²) in [5, 5.41) is 0. The average molecular weight is 352 g/mol. The topological polar surface area (TPSA) is 99.8 Å². The van der Waals surface area contributed by atoms with Crippen LogP contribution in [0.2, 0.25) is 0 Å². The number of H-pyrrole nitrogens is 2. The van der Waals surface area contributed by atoms with Crippen molar-refractivity contribution >= 4 is 0 Å². The van der Waals surface area contributed by atoms with Gasteiger partial charge in [-0.05, 0) is 13.0 Å². The molecule has 0 bridgehead atoms. The van der Waals surface area contributed by atoms with Crippen LogP contribution >= 0.6 is 0 Å². The van der Waals surface area contributed by atoms with E-state index in [-0.39, 0.29) is 5.56 Å². The number of aromatic nitrogens is 5. The van der Waals surface area contributed by atoms with Gasteiger partial charge in [0.05, 0.1) is 24.2 Å². The van der Waals surface area contributed by atoms with E-state index >= 15 is 0 Å². The van der Waals surface area contributed by atoms with Crippen LogP contribution in [0.5, 0.6) is 5.88 Å². The average Bonchev–Trinajstić information content (AvgIpc) is 3.04. The lowest BCUT2D eigenvalue weighted by atomic mass is 10.1. The van der Waals surface area contributed by atoms with E-state index in [9.17, 15) is 4.79 Å². The summed E-state index contributed by atoms with van der Waals surface area (Å²) < 4.78 is 5.09. The molecular formula is C18H20N6O2. The normalized spacial score (nSPS) is 14.2. The molecule has 8 heteroatoms. The van der Waals surface area contributed by atoms with Crippen molar-refractivity contribution in [3.8, 4) is 17.3 Å². The summed E-state index contributed by atoms with van der Waals surface area (Å²) >= 11 is 0. The number of nitrogens with zero attached hydrogens (tertiary/aromatic N) is 4. The molecule has 26 heavy (non-hydrogen) atoms. The SMILES string of the molecule is COc1ccc(-c2nc3c([nH]2)CN(Cc2cc(=O)[nH]c(C)n2)CC3)cn1. The minimum Gasteiger partial charge on any atom is -0.481 e. The van der Waals surface area contributed by atoms with Crippen LogP contribution < -0.4 is 10.3 Å². The Kier molecular flexibility index (Phi) is 4.26. The largest absolute Gasteiger partial charge is 0.481 e. The van der Waals surface area contributed by atoms with E-state index in [1.807, 2.05) is 12.1 Å². The molecule has 0 aromatic carbocycles. The molecule has 0 atom stereocenters. The van der Waals surface area contributed by atoms with Gasteiger partial charge in [-0.25, -0.2) is 15.0 Å². The molecule has 0 radical (unpaired) electrons. The van der Waals surface area contributed by atoms with Gasteiger partial charge in [-0.2, -0.15) is 0 Å². The summed E-state index contributed by atoms with van der Waals surface area (Å²) in [4.78, 5) is 33.3. The van der Waals surface area contributed by atoms with Crippen LogP contribution in [-0.4, -0.2) is 43.5 Å². The third-order valence-corrected chi connectivity index (χ3v) is 4.43. The fourth-order valence-electron chi connectivity index (χ4n) is 3.21. The second kappa shape index (κ2) is 6.72. The van der Waals surface area contributed by atoms with Crippen molar-refractivity contribution in [3.05, 3.63) is 57.7 Å². The van der Waals surface area contributed by atoms with Gasteiger partial charge in [-0.1, -0.05) is 0 Å². The predicted octanol–water partition coefficient (Wildman–Crippen LogP) is 1.43. The summed E-state index contributed by atoms with van der Waals surface area (Å²) in [6, 6.07) is 5.32. The smallest absolute Gasteiger partial charge is 0.251 e. The van der Waals surface area contributed by atoms with Gasteiger partial charge in [0.2, 0.25) is 5.88 Å². The molecule has 0 aliphatic carbocycles. The molecule has 2 N–H and O–H groups in total. The predicted molar refractivity (Wildman–Crippen MR) is 95.8 cm³/mol. The molecule has 0 saturated heterocycles. The monoisotopic (exact) mass is 352 g/mol. The second-order valence-corrected chi connectivity index (χ2v) is 6.38. The van der Waals surface area contributed by atoms with Gasteiger partial charge in [0, 0.05) is 49.9 Å². The molecule has 3 aromatic heterocycles. The molecule has 8 nitrogen and oxygen atoms in total. The van der Waals surface area contributed by atoms with Crippen LogP contribution in [0.4, 0.5) is 0 Å². The Balaban J connectivity index is 1.51. The Hall–Kier alpha value is -3.00. The first-order valence-corrected chi connectivity index (χ1v) is 8.48. The molecule has 4 rings (SSSR count). The van der Waals surface area contributed by atoms with E-state index in [1.165, 1.54) is 0 Å². The highest BCUT2D eigenvalue weighted by Crippen LogP contribution is 2.23. The number of imidazole rings is 1. The Morgan fingerprint density at radius 2 is 2.15 bits per heavy atom. The van der Waals surface area contributed by atoms with Gasteiger partial charge in [0.15, 0.2) is 0 Å². The van der Waals surface area contributed by atoms with E-state index < -0.39 is 0 Å². The zero-order valence-corrected chi connectivity index (χ0v) is 14.7. The van der Waals surface area contributed by atoms with Gasteiger partial charge < -0.3 is 14.7 Å². The first-order chi connectivity index (χ1) is 12.6. The Bertz CT molecular complexity index is 976. The zero-order valence-electron chi connectivity index (χ0n) is 14.7. The lowest BCUT2D eigenvalue weighted by molar-refractivity contribution is 0.238. The third-order valence-electron chi connectivity index (χ3n) is 4.43. The number of hydrogen-bond acceptors (Lipinski definition) is 6. The lowest BCUT2D eigenvalue weighted by Crippen LogP contribution is -2.31. The standard InChI is InChI=1S/C18H20N6O2/c1-11-20-13(7-16(25)21-11)9-24-6-5-14-15(10-24)23-18(22-14)12-3-4-17(26-2)19-8-12/h3-4,7-8H,5-6,9-10H2,1-2H3,(H,22,23)(H,20,21,25). The van der Waals surface area contributed by atoms with Crippen LogP contribution in [0.25, 0.3) is 11.4 Å². The quantitative estimate of drug-likeness (QED) is 0.737. The maximum atomic E-state index is 11.6. The number of aryl methyl sites for hydroxylation is 1. The van der Waals surface area contributed by atoms with Gasteiger partial charge in [0.1, 0.15) is 11.6 Å². The van der Waals surface area contributed by atoms with Crippen LogP contribution in [0.1, 0.15) is 22.9 Å². The van der Waals surface area contributed by atoms with Crippen molar-refractivity contribution in [2.45, 2.75) is 26.4 Å². The van der Waals surface area contributed by atoms with Crippen LogP contribution in [0, 0.1) is 6.92 Å². The summed E-state index contributed by atoms with van der Waals surface area (Å²) in [7, 11) is 1.60. The number of aromatic amines is 2. The molecule has 0 spiro atoms. The first-order valence-electron chi connectivity index (χ1n) is 8.48. The van der Waals surface area contributed by atoms with E-state index in [0.29, 0.717) is 18.2 Å². The third kappa shape index (κ3) is 3.36. The highest BCUT2D eigenvalue weighted by molar-refractivity contribution is 5.55. The Labute approximate surface area is 150 Å². The van der Waals surface area contributed by atoms with Gasteiger partial charge in [-0.15, -0.1) is 0 Å². The summed E-state index contributed by atoms with van der Waals surface area (Å²) in [5.74, 6) is 2.04. The van der Waals surface area contributed by atoms with Crippen molar-refractivity contribution in [3.63, 3.8) is 0 Å². The molecule has 4 heterocycles. The maximum Gasteiger partial charge on any atom is 0.251 e. The van der Waals surface area contributed by atoms with E-state index in [2.05, 4.69) is 24.8 Å². The van der Waals surface area contributed by atoms with E-state index in [4.69, 9.17) is 9.72 Å². The minimum atomic E-state index is -0.110. The van der Waals surface area contributed by atoms with Crippen LogP contribution in [-0.2, 0) is 19.5 Å². The molecular weight excluding hydrogens is 332 g/mol. The number of rotatable bonds is 4. The minimum absolute atomic E-state index is 0.110.